The Balaban J connectivity index is 0.00000141. The number of hydrogen-bond donors (Lipinski definition) is 5. The maximum atomic E-state index is 13.0. The highest BCUT2D eigenvalue weighted by Crippen LogP contribution is 2.69. The lowest BCUT2D eigenvalue weighted by Crippen LogP contribution is -2.62. The van der Waals surface area contributed by atoms with Gasteiger partial charge >= 0.3 is 0 Å². The number of carbonyl (C=O) groups is 1. The molecule has 0 radical (unpaired) electrons. The molecule has 176 valence electrons. The second kappa shape index (κ2) is 8.44. The Bertz CT molecular complexity index is 876. The lowest BCUT2D eigenvalue weighted by molar-refractivity contribution is -0.184. The van der Waals surface area contributed by atoms with Gasteiger partial charge in [0.25, 0.3) is 0 Å². The van der Waals surface area contributed by atoms with Gasteiger partial charge in [-0.1, -0.05) is 26.3 Å². The predicted molar refractivity (Wildman–Crippen MR) is 125 cm³/mol. The molecule has 4 rings (SSSR count). The van der Waals surface area contributed by atoms with Gasteiger partial charge in [0.1, 0.15) is 5.60 Å². The predicted octanol–water partition coefficient (Wildman–Crippen LogP) is 2.57. The fraction of sp³-hybridized carbons (Fsp3) is 0.692. The van der Waals surface area contributed by atoms with E-state index in [2.05, 4.69) is 19.8 Å². The van der Waals surface area contributed by atoms with E-state index in [1.54, 1.807) is 0 Å². The molecule has 0 aromatic heterocycles. The molecule has 6 nitrogen and oxygen atoms in total. The zero-order valence-electron chi connectivity index (χ0n) is 19.5. The van der Waals surface area contributed by atoms with Gasteiger partial charge in [0, 0.05) is 23.7 Å². The minimum absolute atomic E-state index is 0.0149. The zero-order valence-corrected chi connectivity index (χ0v) is 19.5. The highest BCUT2D eigenvalue weighted by Gasteiger charge is 2.70. The summed E-state index contributed by atoms with van der Waals surface area (Å²) in [5.41, 5.74) is 6.43. The summed E-state index contributed by atoms with van der Waals surface area (Å²) >= 11 is 0. The second-order valence-corrected chi connectivity index (χ2v) is 10.7. The van der Waals surface area contributed by atoms with E-state index in [1.165, 1.54) is 11.8 Å². The molecule has 8 atom stereocenters. The first-order chi connectivity index (χ1) is 15.0. The van der Waals surface area contributed by atoms with Crippen LogP contribution in [0, 0.1) is 52.8 Å². The van der Waals surface area contributed by atoms with Gasteiger partial charge in [-0.25, -0.2) is 0 Å². The van der Waals surface area contributed by atoms with Crippen LogP contribution in [0.1, 0.15) is 59.3 Å². The van der Waals surface area contributed by atoms with Crippen LogP contribution >= 0.6 is 0 Å². The van der Waals surface area contributed by atoms with Gasteiger partial charge in [-0.05, 0) is 72.8 Å². The molecule has 2 unspecified atom stereocenters. The highest BCUT2D eigenvalue weighted by atomic mass is 16.3. The summed E-state index contributed by atoms with van der Waals surface area (Å²) in [4.78, 5) is 13.0. The fourth-order valence-corrected chi connectivity index (χ4v) is 8.07. The SMILES string of the molecule is C#C.C[C@H]1CC2[C@@H]3CCC4=CC(N)=C(C=N)C[C@]4(C)C3[C@@H](O)C[C@]2(C)[C@@]1(O)C(=O)CCO. The molecule has 32 heavy (non-hydrogen) atoms. The van der Waals surface area contributed by atoms with Gasteiger partial charge < -0.3 is 26.5 Å². The van der Waals surface area contributed by atoms with Gasteiger partial charge in [0.2, 0.25) is 0 Å². The van der Waals surface area contributed by atoms with Crippen molar-refractivity contribution in [1.29, 1.82) is 5.41 Å². The number of carbonyl (C=O) groups excluding carboxylic acids is 1. The number of fused-ring (bicyclic) bond motifs is 5. The van der Waals surface area contributed by atoms with Gasteiger partial charge in [-0.15, -0.1) is 12.8 Å². The van der Waals surface area contributed by atoms with E-state index < -0.39 is 17.1 Å². The molecular weight excluding hydrogens is 404 g/mol. The van der Waals surface area contributed by atoms with Crippen LogP contribution in [-0.4, -0.2) is 45.6 Å². The first-order valence-corrected chi connectivity index (χ1v) is 11.6. The van der Waals surface area contributed by atoms with Crippen molar-refractivity contribution < 1.29 is 20.1 Å². The number of terminal acetylenes is 1. The summed E-state index contributed by atoms with van der Waals surface area (Å²) in [5, 5.41) is 40.3. The third-order valence-electron chi connectivity index (χ3n) is 9.45. The minimum atomic E-state index is -1.51. The van der Waals surface area contributed by atoms with E-state index in [0.717, 1.165) is 24.8 Å². The van der Waals surface area contributed by atoms with Crippen molar-refractivity contribution >= 4 is 12.0 Å². The average molecular weight is 443 g/mol. The Morgan fingerprint density at radius 1 is 1.38 bits per heavy atom. The molecule has 6 heteroatoms. The number of hydrogen-bond acceptors (Lipinski definition) is 6. The fourth-order valence-electron chi connectivity index (χ4n) is 8.07. The molecule has 0 amide bonds. The lowest BCUT2D eigenvalue weighted by Gasteiger charge is -2.60. The second-order valence-electron chi connectivity index (χ2n) is 10.7. The van der Waals surface area contributed by atoms with E-state index >= 15 is 0 Å². The van der Waals surface area contributed by atoms with E-state index in [1.807, 2.05) is 19.9 Å². The van der Waals surface area contributed by atoms with Crippen molar-refractivity contribution in [2.24, 2.45) is 40.2 Å². The third-order valence-corrected chi connectivity index (χ3v) is 9.45. The van der Waals surface area contributed by atoms with Crippen LogP contribution in [0.4, 0.5) is 0 Å². The molecular formula is C26H38N2O4. The maximum Gasteiger partial charge on any atom is 0.167 e. The van der Waals surface area contributed by atoms with Gasteiger partial charge in [0.05, 0.1) is 12.7 Å². The summed E-state index contributed by atoms with van der Waals surface area (Å²) in [6, 6.07) is 0. The average Bonchev–Trinajstić information content (AvgIpc) is 2.96. The smallest absolute Gasteiger partial charge is 0.167 e. The summed E-state index contributed by atoms with van der Waals surface area (Å²) in [6.07, 6.45) is 14.2. The molecule has 0 spiro atoms. The topological polar surface area (TPSA) is 128 Å². The van der Waals surface area contributed by atoms with Gasteiger partial charge in [-0.3, -0.25) is 4.79 Å². The van der Waals surface area contributed by atoms with Crippen LogP contribution in [0.2, 0.25) is 0 Å². The first-order valence-electron chi connectivity index (χ1n) is 11.6. The number of aliphatic hydroxyl groups is 3. The Kier molecular flexibility index (Phi) is 6.52. The molecule has 0 aliphatic heterocycles. The quantitative estimate of drug-likeness (QED) is 0.338. The monoisotopic (exact) mass is 442 g/mol. The number of ketones is 1. The minimum Gasteiger partial charge on any atom is -0.398 e. The number of Topliss-reactive ketones (excluding diaryl/α,β-unsaturated/α-hetero) is 1. The van der Waals surface area contributed by atoms with Gasteiger partial charge in [-0.2, -0.15) is 0 Å². The summed E-state index contributed by atoms with van der Waals surface area (Å²) < 4.78 is 0. The molecule has 4 aliphatic rings. The Morgan fingerprint density at radius 3 is 2.62 bits per heavy atom. The van der Waals surface area contributed by atoms with Crippen LogP contribution in [0.25, 0.3) is 0 Å². The van der Waals surface area contributed by atoms with Crippen molar-refractivity contribution in [2.75, 3.05) is 6.61 Å². The summed E-state index contributed by atoms with van der Waals surface area (Å²) in [7, 11) is 0. The van der Waals surface area contributed by atoms with Crippen molar-refractivity contribution in [2.45, 2.75) is 71.0 Å². The van der Waals surface area contributed by atoms with Gasteiger partial charge in [0.15, 0.2) is 5.78 Å². The van der Waals surface area contributed by atoms with E-state index in [-0.39, 0.29) is 47.9 Å². The highest BCUT2D eigenvalue weighted by molar-refractivity contribution is 5.89. The standard InChI is InChI=1S/C24H36N2O4.C2H2/c1-13-8-17-16-5-4-15-9-18(26)14(12-25)10-22(15,2)21(16)19(28)11-23(17,3)24(13,30)20(29)6-7-27;1-2/h9,12-13,16-17,19,21,25,27-28,30H,4-8,10-11,26H2,1-3H3;1-2H/t13-,16-,17?,19-,21?,22-,23-,24-;/m0./s1. The first kappa shape index (κ1) is 24.7. The van der Waals surface area contributed by atoms with E-state index in [4.69, 9.17) is 11.1 Å². The molecule has 3 fully saturated rings. The molecule has 4 aliphatic carbocycles. The number of nitrogens with two attached hydrogens (primary N) is 1. The van der Waals surface area contributed by atoms with Crippen molar-refractivity contribution in [3.63, 3.8) is 0 Å². The Labute approximate surface area is 191 Å². The van der Waals surface area contributed by atoms with Crippen LogP contribution in [-0.2, 0) is 4.79 Å². The van der Waals surface area contributed by atoms with Crippen LogP contribution < -0.4 is 5.73 Å². The molecule has 3 saturated carbocycles. The largest absolute Gasteiger partial charge is 0.398 e. The van der Waals surface area contributed by atoms with Crippen LogP contribution in [0.5, 0.6) is 0 Å². The van der Waals surface area contributed by atoms with E-state index in [0.29, 0.717) is 18.5 Å². The number of nitrogens with one attached hydrogen (secondary N) is 1. The number of allylic oxidation sites excluding steroid dienone is 3. The summed E-state index contributed by atoms with van der Waals surface area (Å²) in [6.45, 7) is 5.84. The molecule has 6 N–H and O–H groups in total. The third kappa shape index (κ3) is 3.13. The molecule has 0 heterocycles. The van der Waals surface area contributed by atoms with Crippen molar-refractivity contribution in [3.05, 3.63) is 22.9 Å². The molecule has 0 aromatic carbocycles. The normalized spacial score (nSPS) is 44.9. The molecule has 0 aromatic rings. The van der Waals surface area contributed by atoms with Crippen molar-refractivity contribution in [1.82, 2.24) is 0 Å². The Morgan fingerprint density at radius 2 is 2.03 bits per heavy atom. The number of aliphatic hydroxyl groups excluding tert-OH is 2. The Hall–Kier alpha value is -1.94. The maximum absolute atomic E-state index is 13.0. The number of rotatable bonds is 4. The van der Waals surface area contributed by atoms with E-state index in [9.17, 15) is 20.1 Å². The molecule has 0 saturated heterocycles. The zero-order chi connectivity index (χ0) is 24.1. The lowest BCUT2D eigenvalue weighted by atomic mass is 9.45. The molecule has 0 bridgehead atoms. The van der Waals surface area contributed by atoms with Crippen LogP contribution in [0.3, 0.4) is 0 Å². The van der Waals surface area contributed by atoms with Crippen molar-refractivity contribution in [3.8, 4) is 12.8 Å². The summed E-state index contributed by atoms with van der Waals surface area (Å²) in [5.74, 6) is -0.151. The van der Waals surface area contributed by atoms with Crippen LogP contribution in [0.15, 0.2) is 22.9 Å².